The van der Waals surface area contributed by atoms with Crippen LogP contribution in [-0.2, 0) is 0 Å². The van der Waals surface area contributed by atoms with E-state index in [0.717, 1.165) is 56.7 Å². The van der Waals surface area contributed by atoms with E-state index in [4.69, 9.17) is 30.5 Å². The molecule has 3 aromatic carbocycles. The molecule has 0 unspecified atom stereocenters. The lowest BCUT2D eigenvalue weighted by Crippen LogP contribution is -2.44. The van der Waals surface area contributed by atoms with Crippen LogP contribution in [0.4, 0.5) is 17.3 Å². The maximum atomic E-state index is 13.7. The van der Waals surface area contributed by atoms with Crippen molar-refractivity contribution >= 4 is 40.7 Å². The third-order valence-electron chi connectivity index (χ3n) is 8.83. The highest BCUT2D eigenvalue weighted by Gasteiger charge is 2.22. The van der Waals surface area contributed by atoms with Gasteiger partial charge < -0.3 is 44.7 Å². The Morgan fingerprint density at radius 3 is 2.34 bits per heavy atom. The van der Waals surface area contributed by atoms with E-state index < -0.39 is 5.91 Å². The van der Waals surface area contributed by atoms with E-state index in [1.165, 1.54) is 12.3 Å². The Balaban J connectivity index is 1.41. The largest absolute Gasteiger partial charge is 0.493 e. The minimum atomic E-state index is -0.478. The van der Waals surface area contributed by atoms with Gasteiger partial charge in [-0.1, -0.05) is 36.7 Å². The molecule has 13 nitrogen and oxygen atoms in total. The molecule has 0 spiro atoms. The number of carbonyl (C=O) groups is 2. The molecule has 2 heterocycles. The van der Waals surface area contributed by atoms with E-state index >= 15 is 0 Å². The van der Waals surface area contributed by atoms with Crippen molar-refractivity contribution in [2.75, 3.05) is 77.8 Å². The van der Waals surface area contributed by atoms with Gasteiger partial charge in [-0.2, -0.15) is 4.98 Å². The summed E-state index contributed by atoms with van der Waals surface area (Å²) in [4.78, 5) is 40.1. The minimum absolute atomic E-state index is 0.0582. The summed E-state index contributed by atoms with van der Waals surface area (Å²) < 4.78 is 23.7. The number of nitrogens with one attached hydrogen (secondary N) is 3. The number of anilines is 3. The number of amides is 2. The molecule has 2 amide bonds. The second-order valence-corrected chi connectivity index (χ2v) is 13.2. The fourth-order valence-electron chi connectivity index (χ4n) is 5.80. The topological polar surface area (TPSA) is 139 Å². The second kappa shape index (κ2) is 18.6. The first-order valence-corrected chi connectivity index (χ1v) is 18.0. The van der Waals surface area contributed by atoms with Crippen LogP contribution >= 0.6 is 11.6 Å². The van der Waals surface area contributed by atoms with Gasteiger partial charge in [-0.05, 0) is 63.1 Å². The van der Waals surface area contributed by atoms with Crippen LogP contribution in [0.15, 0.2) is 54.7 Å². The molecular formula is C39H48ClN7O6. The smallest absolute Gasteiger partial charge is 0.262 e. The van der Waals surface area contributed by atoms with Gasteiger partial charge in [-0.3, -0.25) is 9.59 Å². The Kier molecular flexibility index (Phi) is 13.7. The standard InChI is InChI=1S/C39H48ClN7O6/c1-7-14-41-36(48)27-12-13-31(30(40)21-27)53-38-29(37(49)44-34-25(2)10-8-11-26(34)3)24-42-39(45-38)43-28-22-32(50-5)35(51-6)33(23-28)52-20-9-15-47-18-16-46(4)17-19-47/h8,10-13,21-24H,7,9,14-20H2,1-6H3,(H,41,48)(H,44,49)(H,42,43,45). The van der Waals surface area contributed by atoms with Gasteiger partial charge in [0, 0.05) is 74.5 Å². The van der Waals surface area contributed by atoms with Gasteiger partial charge in [0.2, 0.25) is 17.6 Å². The quantitative estimate of drug-likeness (QED) is 0.106. The zero-order valence-electron chi connectivity index (χ0n) is 31.2. The molecule has 3 N–H and O–H groups in total. The Hall–Kier alpha value is -5.11. The van der Waals surface area contributed by atoms with Crippen LogP contribution in [0.25, 0.3) is 0 Å². The second-order valence-electron chi connectivity index (χ2n) is 12.8. The van der Waals surface area contributed by atoms with Crippen LogP contribution in [0.1, 0.15) is 51.6 Å². The lowest BCUT2D eigenvalue weighted by Gasteiger charge is -2.32. The molecule has 0 saturated carbocycles. The van der Waals surface area contributed by atoms with Crippen LogP contribution in [0, 0.1) is 13.8 Å². The van der Waals surface area contributed by atoms with E-state index in [1.54, 1.807) is 38.5 Å². The molecule has 0 aliphatic carbocycles. The van der Waals surface area contributed by atoms with Crippen molar-refractivity contribution < 1.29 is 28.5 Å². The summed E-state index contributed by atoms with van der Waals surface area (Å²) in [7, 11) is 5.25. The number of hydrogen-bond acceptors (Lipinski definition) is 11. The van der Waals surface area contributed by atoms with Crippen LogP contribution in [0.5, 0.6) is 28.9 Å². The molecule has 0 radical (unpaired) electrons. The highest BCUT2D eigenvalue weighted by Crippen LogP contribution is 2.41. The van der Waals surface area contributed by atoms with Gasteiger partial charge in [-0.25, -0.2) is 4.98 Å². The van der Waals surface area contributed by atoms with Gasteiger partial charge in [0.05, 0.1) is 25.8 Å². The van der Waals surface area contributed by atoms with Gasteiger partial charge in [0.1, 0.15) is 11.3 Å². The summed E-state index contributed by atoms with van der Waals surface area (Å²) in [5.74, 6) is 0.932. The number of para-hydroxylation sites is 1. The first kappa shape index (κ1) is 39.1. The number of carbonyl (C=O) groups excluding carboxylic acids is 2. The lowest BCUT2D eigenvalue weighted by atomic mass is 10.1. The number of methoxy groups -OCH3 is 2. The molecular weight excluding hydrogens is 698 g/mol. The average Bonchev–Trinajstić information content (AvgIpc) is 3.15. The van der Waals surface area contributed by atoms with Crippen molar-refractivity contribution in [2.24, 2.45) is 0 Å². The molecule has 53 heavy (non-hydrogen) atoms. The van der Waals surface area contributed by atoms with Crippen molar-refractivity contribution in [1.82, 2.24) is 25.1 Å². The first-order valence-electron chi connectivity index (χ1n) is 17.7. The van der Waals surface area contributed by atoms with Crippen molar-refractivity contribution in [1.29, 1.82) is 0 Å². The van der Waals surface area contributed by atoms with E-state index in [-0.39, 0.29) is 34.1 Å². The minimum Gasteiger partial charge on any atom is -0.493 e. The molecule has 0 atom stereocenters. The third-order valence-corrected chi connectivity index (χ3v) is 9.12. The lowest BCUT2D eigenvalue weighted by molar-refractivity contribution is 0.0952. The summed E-state index contributed by atoms with van der Waals surface area (Å²) in [6, 6.07) is 13.9. The zero-order valence-corrected chi connectivity index (χ0v) is 31.9. The van der Waals surface area contributed by atoms with Gasteiger partial charge >= 0.3 is 0 Å². The van der Waals surface area contributed by atoms with Gasteiger partial charge in [0.25, 0.3) is 11.8 Å². The van der Waals surface area contributed by atoms with E-state index in [2.05, 4.69) is 42.8 Å². The molecule has 282 valence electrons. The number of benzene rings is 3. The monoisotopic (exact) mass is 745 g/mol. The molecule has 1 saturated heterocycles. The zero-order chi connectivity index (χ0) is 37.9. The predicted molar refractivity (Wildman–Crippen MR) is 207 cm³/mol. The van der Waals surface area contributed by atoms with E-state index in [9.17, 15) is 9.59 Å². The van der Waals surface area contributed by atoms with E-state index in [0.29, 0.717) is 47.3 Å². The number of nitrogens with zero attached hydrogens (tertiary/aromatic N) is 4. The molecule has 14 heteroatoms. The summed E-state index contributed by atoms with van der Waals surface area (Å²) in [6.07, 6.45) is 3.02. The van der Waals surface area contributed by atoms with Crippen molar-refractivity contribution in [2.45, 2.75) is 33.6 Å². The third kappa shape index (κ3) is 10.3. The van der Waals surface area contributed by atoms with Gasteiger partial charge in [0.15, 0.2) is 11.5 Å². The van der Waals surface area contributed by atoms with Crippen molar-refractivity contribution in [3.8, 4) is 28.9 Å². The SMILES string of the molecule is CCCNC(=O)c1ccc(Oc2nc(Nc3cc(OC)c(OC)c(OCCCN4CCN(C)CC4)c3)ncc2C(=O)Nc2c(C)cccc2C)c(Cl)c1. The van der Waals surface area contributed by atoms with Crippen LogP contribution in [0.2, 0.25) is 5.02 Å². The molecule has 5 rings (SSSR count). The Bertz CT molecular complexity index is 1880. The number of aromatic nitrogens is 2. The van der Waals surface area contributed by atoms with Crippen LogP contribution < -0.4 is 34.9 Å². The number of rotatable bonds is 16. The number of piperazine rings is 1. The molecule has 1 aromatic heterocycles. The number of likely N-dealkylation sites (N-methyl/N-ethyl adjacent to an activating group) is 1. The number of hydrogen-bond donors (Lipinski definition) is 3. The molecule has 0 bridgehead atoms. The summed E-state index contributed by atoms with van der Waals surface area (Å²) >= 11 is 6.60. The summed E-state index contributed by atoms with van der Waals surface area (Å²) in [6.45, 7) is 11.9. The van der Waals surface area contributed by atoms with E-state index in [1.807, 2.05) is 39.0 Å². The summed E-state index contributed by atoms with van der Waals surface area (Å²) in [5.41, 5.74) is 3.45. The molecule has 1 aliphatic heterocycles. The maximum absolute atomic E-state index is 13.7. The summed E-state index contributed by atoms with van der Waals surface area (Å²) in [5, 5.41) is 9.16. The first-order chi connectivity index (χ1) is 25.6. The van der Waals surface area contributed by atoms with Crippen LogP contribution in [0.3, 0.4) is 0 Å². The van der Waals surface area contributed by atoms with Crippen molar-refractivity contribution in [3.05, 3.63) is 82.0 Å². The fourth-order valence-corrected chi connectivity index (χ4v) is 6.02. The molecule has 1 aliphatic rings. The van der Waals surface area contributed by atoms with Gasteiger partial charge in [-0.15, -0.1) is 0 Å². The molecule has 1 fully saturated rings. The Labute approximate surface area is 315 Å². The Morgan fingerprint density at radius 1 is 0.925 bits per heavy atom. The highest BCUT2D eigenvalue weighted by atomic mass is 35.5. The maximum Gasteiger partial charge on any atom is 0.262 e. The Morgan fingerprint density at radius 2 is 1.66 bits per heavy atom. The number of aryl methyl sites for hydroxylation is 2. The molecule has 4 aromatic rings. The number of ether oxygens (including phenoxy) is 4. The normalized spacial score (nSPS) is 13.3. The fraction of sp³-hybridized carbons (Fsp3) is 0.385. The van der Waals surface area contributed by atoms with Crippen LogP contribution in [-0.4, -0.2) is 98.7 Å². The predicted octanol–water partition coefficient (Wildman–Crippen LogP) is 6.71. The van der Waals surface area contributed by atoms with Crippen molar-refractivity contribution in [3.63, 3.8) is 0 Å². The highest BCUT2D eigenvalue weighted by molar-refractivity contribution is 6.32. The number of halogens is 1. The average molecular weight is 746 g/mol.